The second kappa shape index (κ2) is 9.87. The van der Waals surface area contributed by atoms with E-state index in [1.807, 2.05) is 0 Å². The molecule has 0 aliphatic carbocycles. The van der Waals surface area contributed by atoms with E-state index in [4.69, 9.17) is 25.6 Å². The molecule has 1 N–H and O–H groups in total. The molecule has 10 nitrogen and oxygen atoms in total. The minimum absolute atomic E-state index is 0.0722. The second-order valence-corrected chi connectivity index (χ2v) is 9.47. The smallest absolute Gasteiger partial charge is 0.262 e. The number of aromatic nitrogens is 2. The molecule has 2 heterocycles. The minimum atomic E-state index is -3.81. The summed E-state index contributed by atoms with van der Waals surface area (Å²) in [4.78, 5) is 16.4. The zero-order valence-electron chi connectivity index (χ0n) is 17.7. The van der Waals surface area contributed by atoms with E-state index in [1.54, 1.807) is 31.2 Å². The van der Waals surface area contributed by atoms with Crippen LogP contribution in [-0.2, 0) is 19.6 Å². The van der Waals surface area contributed by atoms with Crippen molar-refractivity contribution in [3.8, 4) is 17.1 Å². The van der Waals surface area contributed by atoms with Crippen molar-refractivity contribution in [3.63, 3.8) is 0 Å². The molecule has 1 fully saturated rings. The molecule has 33 heavy (non-hydrogen) atoms. The van der Waals surface area contributed by atoms with Crippen molar-refractivity contribution in [2.45, 2.75) is 11.8 Å². The molecule has 4 rings (SSSR count). The van der Waals surface area contributed by atoms with Crippen molar-refractivity contribution in [2.24, 2.45) is 0 Å². The zero-order valence-corrected chi connectivity index (χ0v) is 19.2. The van der Waals surface area contributed by atoms with Gasteiger partial charge < -0.3 is 19.3 Å². The average Bonchev–Trinajstić information content (AvgIpc) is 3.26. The van der Waals surface area contributed by atoms with Crippen molar-refractivity contribution in [3.05, 3.63) is 53.4 Å². The molecular formula is C21H21ClN4O6S. The van der Waals surface area contributed by atoms with Gasteiger partial charge in [-0.25, -0.2) is 8.42 Å². The maximum absolute atomic E-state index is 12.9. The number of hydrogen-bond donors (Lipinski definition) is 1. The van der Waals surface area contributed by atoms with Crippen molar-refractivity contribution in [2.75, 3.05) is 38.2 Å². The highest BCUT2D eigenvalue weighted by Crippen LogP contribution is 2.28. The Morgan fingerprint density at radius 1 is 1.18 bits per heavy atom. The largest absolute Gasteiger partial charge is 0.484 e. The van der Waals surface area contributed by atoms with Crippen LogP contribution in [0.1, 0.15) is 5.89 Å². The number of carbonyl (C=O) groups excluding carboxylic acids is 1. The zero-order chi connectivity index (χ0) is 23.4. The van der Waals surface area contributed by atoms with Crippen LogP contribution in [0.2, 0.25) is 5.02 Å². The average molecular weight is 493 g/mol. The van der Waals surface area contributed by atoms with Crippen LogP contribution in [0.5, 0.6) is 5.75 Å². The Balaban J connectivity index is 1.38. The van der Waals surface area contributed by atoms with Gasteiger partial charge >= 0.3 is 0 Å². The summed E-state index contributed by atoms with van der Waals surface area (Å²) in [6.07, 6.45) is 0. The SMILES string of the molecule is Cc1nc(-c2ccc(OCC(=O)Nc3ccc(Cl)c(S(=O)(=O)N4CCOCC4)c3)cc2)no1. The quantitative estimate of drug-likeness (QED) is 0.534. The molecular weight excluding hydrogens is 472 g/mol. The summed E-state index contributed by atoms with van der Waals surface area (Å²) in [7, 11) is -3.81. The number of sulfonamides is 1. The van der Waals surface area contributed by atoms with Gasteiger partial charge in [0.25, 0.3) is 5.91 Å². The van der Waals surface area contributed by atoms with Gasteiger partial charge in [0, 0.05) is 31.3 Å². The van der Waals surface area contributed by atoms with Gasteiger partial charge in [-0.1, -0.05) is 16.8 Å². The normalized spacial score (nSPS) is 14.7. The highest BCUT2D eigenvalue weighted by molar-refractivity contribution is 7.89. The summed E-state index contributed by atoms with van der Waals surface area (Å²) < 4.78 is 42.8. The molecule has 0 atom stereocenters. The van der Waals surface area contributed by atoms with Gasteiger partial charge in [-0.15, -0.1) is 0 Å². The third kappa shape index (κ3) is 5.50. The van der Waals surface area contributed by atoms with Crippen LogP contribution in [0.3, 0.4) is 0 Å². The summed E-state index contributed by atoms with van der Waals surface area (Å²) in [5.74, 6) is 0.943. The lowest BCUT2D eigenvalue weighted by Crippen LogP contribution is -2.40. The number of nitrogens with zero attached hydrogens (tertiary/aromatic N) is 3. The lowest BCUT2D eigenvalue weighted by Gasteiger charge is -2.26. The summed E-state index contributed by atoms with van der Waals surface area (Å²) >= 11 is 6.15. The van der Waals surface area contributed by atoms with Crippen LogP contribution in [0.25, 0.3) is 11.4 Å². The Kier molecular flexibility index (Phi) is 6.94. The predicted molar refractivity (Wildman–Crippen MR) is 120 cm³/mol. The van der Waals surface area contributed by atoms with Gasteiger partial charge in [0.1, 0.15) is 10.6 Å². The molecule has 0 spiro atoms. The first kappa shape index (κ1) is 23.2. The third-order valence-electron chi connectivity index (χ3n) is 4.81. The van der Waals surface area contributed by atoms with Crippen LogP contribution >= 0.6 is 11.6 Å². The number of morpholine rings is 1. The lowest BCUT2D eigenvalue weighted by molar-refractivity contribution is -0.118. The molecule has 1 aliphatic rings. The first-order chi connectivity index (χ1) is 15.8. The van der Waals surface area contributed by atoms with E-state index in [0.717, 1.165) is 5.56 Å². The topological polar surface area (TPSA) is 124 Å². The van der Waals surface area contributed by atoms with Crippen LogP contribution in [-0.4, -0.2) is 61.7 Å². The van der Waals surface area contributed by atoms with Crippen LogP contribution in [0.15, 0.2) is 51.9 Å². The van der Waals surface area contributed by atoms with Crippen LogP contribution in [0, 0.1) is 6.92 Å². The van der Waals surface area contributed by atoms with E-state index in [1.165, 1.54) is 22.5 Å². The molecule has 174 valence electrons. The summed E-state index contributed by atoms with van der Waals surface area (Å²) in [6, 6.07) is 11.2. The van der Waals surface area contributed by atoms with Gasteiger partial charge in [0.05, 0.1) is 18.2 Å². The maximum Gasteiger partial charge on any atom is 0.262 e. The molecule has 0 unspecified atom stereocenters. The van der Waals surface area contributed by atoms with E-state index in [0.29, 0.717) is 36.4 Å². The van der Waals surface area contributed by atoms with Crippen molar-refractivity contribution in [1.29, 1.82) is 0 Å². The third-order valence-corrected chi connectivity index (χ3v) is 7.19. The number of ether oxygens (including phenoxy) is 2. The number of halogens is 1. The molecule has 1 aromatic heterocycles. The minimum Gasteiger partial charge on any atom is -0.484 e. The van der Waals surface area contributed by atoms with Gasteiger partial charge in [0.15, 0.2) is 6.61 Å². The number of amides is 1. The van der Waals surface area contributed by atoms with E-state index in [2.05, 4.69) is 15.5 Å². The molecule has 0 bridgehead atoms. The highest BCUT2D eigenvalue weighted by Gasteiger charge is 2.28. The fourth-order valence-corrected chi connectivity index (χ4v) is 5.08. The van der Waals surface area contributed by atoms with Gasteiger partial charge in [-0.3, -0.25) is 4.79 Å². The van der Waals surface area contributed by atoms with E-state index in [9.17, 15) is 13.2 Å². The number of rotatable bonds is 7. The number of nitrogens with one attached hydrogen (secondary N) is 1. The van der Waals surface area contributed by atoms with E-state index in [-0.39, 0.29) is 29.6 Å². The van der Waals surface area contributed by atoms with Crippen molar-refractivity contribution < 1.29 is 27.2 Å². The van der Waals surface area contributed by atoms with Gasteiger partial charge in [0.2, 0.25) is 21.7 Å². The first-order valence-corrected chi connectivity index (χ1v) is 11.9. The van der Waals surface area contributed by atoms with Crippen molar-refractivity contribution >= 4 is 33.2 Å². The van der Waals surface area contributed by atoms with Gasteiger partial charge in [-0.2, -0.15) is 9.29 Å². The molecule has 3 aromatic rings. The predicted octanol–water partition coefficient (Wildman–Crippen LogP) is 2.74. The highest BCUT2D eigenvalue weighted by atomic mass is 35.5. The summed E-state index contributed by atoms with van der Waals surface area (Å²) in [6.45, 7) is 2.56. The fraction of sp³-hybridized carbons (Fsp3) is 0.286. The molecule has 1 saturated heterocycles. The Labute approximate surface area is 195 Å². The number of benzene rings is 2. The van der Waals surface area contributed by atoms with E-state index >= 15 is 0 Å². The number of carbonyl (C=O) groups is 1. The fourth-order valence-electron chi connectivity index (χ4n) is 3.17. The first-order valence-electron chi connectivity index (χ1n) is 10.0. The van der Waals surface area contributed by atoms with Crippen LogP contribution in [0.4, 0.5) is 5.69 Å². The van der Waals surface area contributed by atoms with Gasteiger partial charge in [-0.05, 0) is 42.5 Å². The Bertz CT molecular complexity index is 1240. The summed E-state index contributed by atoms with van der Waals surface area (Å²) in [5, 5.41) is 6.55. The summed E-state index contributed by atoms with van der Waals surface area (Å²) in [5.41, 5.74) is 1.04. The van der Waals surface area contributed by atoms with Crippen molar-refractivity contribution in [1.82, 2.24) is 14.4 Å². The monoisotopic (exact) mass is 492 g/mol. The molecule has 12 heteroatoms. The standard InChI is InChI=1S/C21H21ClN4O6S/c1-14-23-21(25-32-14)15-2-5-17(6-3-15)31-13-20(27)24-16-4-7-18(22)19(12-16)33(28,29)26-8-10-30-11-9-26/h2-7,12H,8-11,13H2,1H3,(H,24,27). The second-order valence-electron chi connectivity index (χ2n) is 7.16. The number of aryl methyl sites for hydroxylation is 1. The van der Waals surface area contributed by atoms with E-state index < -0.39 is 15.9 Å². The van der Waals surface area contributed by atoms with Crippen LogP contribution < -0.4 is 10.1 Å². The lowest BCUT2D eigenvalue weighted by atomic mass is 10.2. The molecule has 0 radical (unpaired) electrons. The Morgan fingerprint density at radius 3 is 2.58 bits per heavy atom. The molecule has 0 saturated carbocycles. The molecule has 1 amide bonds. The Morgan fingerprint density at radius 2 is 1.91 bits per heavy atom. The maximum atomic E-state index is 12.9. The molecule has 2 aromatic carbocycles. The Hall–Kier alpha value is -2.99. The number of anilines is 1. The number of hydrogen-bond acceptors (Lipinski definition) is 8. The molecule has 1 aliphatic heterocycles.